The summed E-state index contributed by atoms with van der Waals surface area (Å²) in [4.78, 5) is 2.65. The number of rotatable bonds is 5. The normalized spacial score (nSPS) is 19.0. The highest BCUT2D eigenvalue weighted by Gasteiger charge is 2.25. The van der Waals surface area contributed by atoms with Crippen LogP contribution in [-0.2, 0) is 10.0 Å². The van der Waals surface area contributed by atoms with E-state index >= 15 is 0 Å². The molecule has 1 aromatic rings. The highest BCUT2D eigenvalue weighted by Crippen LogP contribution is 2.16. The molecule has 23 heavy (non-hydrogen) atoms. The van der Waals surface area contributed by atoms with E-state index < -0.39 is 10.0 Å². The van der Waals surface area contributed by atoms with Gasteiger partial charge in [0.15, 0.2) is 0 Å². The van der Waals surface area contributed by atoms with Gasteiger partial charge < -0.3 is 16.0 Å². The number of nitrogens with zero attached hydrogens (tertiary/aromatic N) is 2. The van der Waals surface area contributed by atoms with Gasteiger partial charge in [0.25, 0.3) is 0 Å². The first-order chi connectivity index (χ1) is 11.0. The lowest BCUT2D eigenvalue weighted by Gasteiger charge is -2.25. The Labute approximate surface area is 139 Å². The summed E-state index contributed by atoms with van der Waals surface area (Å²) in [5.41, 5.74) is 6.64. The van der Waals surface area contributed by atoms with Crippen LogP contribution in [-0.4, -0.2) is 70.0 Å². The molecule has 1 aliphatic heterocycles. The van der Waals surface area contributed by atoms with Crippen molar-refractivity contribution >= 4 is 10.0 Å². The zero-order valence-corrected chi connectivity index (χ0v) is 14.7. The number of benzene rings is 1. The van der Waals surface area contributed by atoms with Crippen LogP contribution in [0.15, 0.2) is 29.2 Å². The molecule has 0 bridgehead atoms. The van der Waals surface area contributed by atoms with E-state index in [1.165, 1.54) is 0 Å². The van der Waals surface area contributed by atoms with Crippen LogP contribution >= 0.6 is 0 Å². The molecule has 2 rings (SSSR count). The molecule has 130 valence electrons. The Morgan fingerprint density at radius 1 is 1.09 bits per heavy atom. The number of hydrogen-bond acceptors (Lipinski definition) is 5. The zero-order valence-electron chi connectivity index (χ0n) is 13.9. The van der Waals surface area contributed by atoms with Gasteiger partial charge in [0, 0.05) is 39.3 Å². The smallest absolute Gasteiger partial charge is 0.243 e. The number of sulfonamides is 1. The van der Waals surface area contributed by atoms with Gasteiger partial charge in [-0.05, 0) is 38.6 Å². The van der Waals surface area contributed by atoms with Gasteiger partial charge in [-0.15, -0.1) is 0 Å². The fraction of sp³-hybridized carbons (Fsp3) is 0.625. The van der Waals surface area contributed by atoms with Gasteiger partial charge in [-0.2, -0.15) is 4.31 Å². The van der Waals surface area contributed by atoms with Gasteiger partial charge in [0.1, 0.15) is 0 Å². The molecule has 0 amide bonds. The van der Waals surface area contributed by atoms with Crippen LogP contribution in [0.3, 0.4) is 0 Å². The van der Waals surface area contributed by atoms with E-state index in [9.17, 15) is 8.42 Å². The Bertz CT molecular complexity index is 574. The maximum atomic E-state index is 12.9. The van der Waals surface area contributed by atoms with E-state index in [-0.39, 0.29) is 0 Å². The second-order valence-electron chi connectivity index (χ2n) is 5.95. The minimum absolute atomic E-state index is 0.371. The molecule has 1 aromatic carbocycles. The molecule has 3 N–H and O–H groups in total. The van der Waals surface area contributed by atoms with E-state index in [0.717, 1.165) is 38.2 Å². The molecule has 0 atom stereocenters. The monoisotopic (exact) mass is 340 g/mol. The molecule has 1 fully saturated rings. The van der Waals surface area contributed by atoms with Crippen LogP contribution < -0.4 is 11.1 Å². The van der Waals surface area contributed by atoms with E-state index in [4.69, 9.17) is 5.73 Å². The summed E-state index contributed by atoms with van der Waals surface area (Å²) < 4.78 is 27.3. The third kappa shape index (κ3) is 5.26. The summed E-state index contributed by atoms with van der Waals surface area (Å²) >= 11 is 0. The lowest BCUT2D eigenvalue weighted by Crippen LogP contribution is -2.40. The van der Waals surface area contributed by atoms with Gasteiger partial charge in [0.2, 0.25) is 10.0 Å². The largest absolute Gasteiger partial charge is 0.330 e. The van der Waals surface area contributed by atoms with Gasteiger partial charge in [0.05, 0.1) is 4.90 Å². The van der Waals surface area contributed by atoms with Crippen LogP contribution in [0.2, 0.25) is 0 Å². The second-order valence-corrected chi connectivity index (χ2v) is 7.89. The summed E-state index contributed by atoms with van der Waals surface area (Å²) in [6.07, 6.45) is 0.935. The average Bonchev–Trinajstić information content (AvgIpc) is 2.65. The Morgan fingerprint density at radius 2 is 1.78 bits per heavy atom. The molecular formula is C16H28N4O2S. The summed E-state index contributed by atoms with van der Waals surface area (Å²) in [5, 5.41) is 3.32. The van der Waals surface area contributed by atoms with Crippen LogP contribution in [0.4, 0.5) is 0 Å². The van der Waals surface area contributed by atoms with Gasteiger partial charge in [-0.3, -0.25) is 0 Å². The summed E-state index contributed by atoms with van der Waals surface area (Å²) in [6, 6.07) is 7.07. The van der Waals surface area contributed by atoms with Crippen molar-refractivity contribution in [1.82, 2.24) is 14.5 Å². The van der Waals surface area contributed by atoms with Crippen LogP contribution in [0.1, 0.15) is 12.0 Å². The van der Waals surface area contributed by atoms with E-state index in [2.05, 4.69) is 10.2 Å². The molecular weight excluding hydrogens is 312 g/mol. The minimum Gasteiger partial charge on any atom is -0.330 e. The Kier molecular flexibility index (Phi) is 6.98. The lowest BCUT2D eigenvalue weighted by atomic mass is 10.2. The SMILES string of the molecule is Cc1ccc(S(=O)(=O)N2CCNCCN(CCCN)CC2)cc1. The van der Waals surface area contributed by atoms with Crippen molar-refractivity contribution in [2.45, 2.75) is 18.2 Å². The van der Waals surface area contributed by atoms with Crippen molar-refractivity contribution in [2.75, 3.05) is 52.4 Å². The molecule has 7 heteroatoms. The molecule has 1 aliphatic rings. The van der Waals surface area contributed by atoms with Crippen molar-refractivity contribution < 1.29 is 8.42 Å². The highest BCUT2D eigenvalue weighted by atomic mass is 32.2. The van der Waals surface area contributed by atoms with Gasteiger partial charge in [-0.25, -0.2) is 8.42 Å². The first-order valence-electron chi connectivity index (χ1n) is 8.24. The molecule has 6 nitrogen and oxygen atoms in total. The summed E-state index contributed by atoms with van der Waals surface area (Å²) in [5.74, 6) is 0. The van der Waals surface area contributed by atoms with E-state index in [1.807, 2.05) is 19.1 Å². The van der Waals surface area contributed by atoms with Gasteiger partial charge in [-0.1, -0.05) is 17.7 Å². The standard InChI is InChI=1S/C16H28N4O2S/c1-15-3-5-16(6-4-15)23(21,22)20-12-9-18-8-11-19(13-14-20)10-2-7-17/h3-6,18H,2,7-14,17H2,1H3. The second kappa shape index (κ2) is 8.75. The Hall–Kier alpha value is -0.990. The predicted octanol–water partition coefficient (Wildman–Crippen LogP) is 0.240. The molecule has 0 unspecified atom stereocenters. The maximum Gasteiger partial charge on any atom is 0.243 e. The fourth-order valence-electron chi connectivity index (χ4n) is 2.68. The van der Waals surface area contributed by atoms with Crippen molar-refractivity contribution in [3.05, 3.63) is 29.8 Å². The number of aryl methyl sites for hydroxylation is 1. The van der Waals surface area contributed by atoms with Crippen LogP contribution in [0.5, 0.6) is 0 Å². The zero-order chi connectivity index (χ0) is 16.7. The third-order valence-corrected chi connectivity index (χ3v) is 6.06. The predicted molar refractivity (Wildman–Crippen MR) is 92.9 cm³/mol. The topological polar surface area (TPSA) is 78.7 Å². The number of nitrogens with one attached hydrogen (secondary N) is 1. The Balaban J connectivity index is 2.10. The first kappa shape index (κ1) is 18.4. The number of hydrogen-bond donors (Lipinski definition) is 2. The van der Waals surface area contributed by atoms with Crippen molar-refractivity contribution in [3.63, 3.8) is 0 Å². The van der Waals surface area contributed by atoms with E-state index in [1.54, 1.807) is 16.4 Å². The number of nitrogens with two attached hydrogens (primary N) is 1. The van der Waals surface area contributed by atoms with Crippen molar-refractivity contribution in [1.29, 1.82) is 0 Å². The molecule has 0 aliphatic carbocycles. The summed E-state index contributed by atoms with van der Waals surface area (Å²) in [7, 11) is -3.44. The molecule has 0 saturated carbocycles. The molecule has 1 saturated heterocycles. The highest BCUT2D eigenvalue weighted by molar-refractivity contribution is 7.89. The first-order valence-corrected chi connectivity index (χ1v) is 9.68. The minimum atomic E-state index is -3.44. The van der Waals surface area contributed by atoms with Crippen molar-refractivity contribution in [3.8, 4) is 0 Å². The maximum absolute atomic E-state index is 12.9. The van der Waals surface area contributed by atoms with E-state index in [0.29, 0.717) is 31.1 Å². The molecule has 0 radical (unpaired) electrons. The fourth-order valence-corrected chi connectivity index (χ4v) is 4.11. The molecule has 0 aromatic heterocycles. The van der Waals surface area contributed by atoms with Gasteiger partial charge >= 0.3 is 0 Å². The third-order valence-electron chi connectivity index (χ3n) is 4.15. The molecule has 0 spiro atoms. The quantitative estimate of drug-likeness (QED) is 0.803. The van der Waals surface area contributed by atoms with Crippen LogP contribution in [0, 0.1) is 6.92 Å². The summed E-state index contributed by atoms with van der Waals surface area (Å²) in [6.45, 7) is 7.77. The Morgan fingerprint density at radius 3 is 2.48 bits per heavy atom. The lowest BCUT2D eigenvalue weighted by molar-refractivity contribution is 0.261. The molecule has 1 heterocycles. The van der Waals surface area contributed by atoms with Crippen molar-refractivity contribution in [2.24, 2.45) is 5.73 Å². The average molecular weight is 340 g/mol. The van der Waals surface area contributed by atoms with Crippen LogP contribution in [0.25, 0.3) is 0 Å².